The molecule has 4 nitrogen and oxygen atoms in total. The Morgan fingerprint density at radius 2 is 1.74 bits per heavy atom. The summed E-state index contributed by atoms with van der Waals surface area (Å²) >= 11 is 5.79. The van der Waals surface area contributed by atoms with E-state index in [1.165, 1.54) is 0 Å². The predicted octanol–water partition coefficient (Wildman–Crippen LogP) is 3.43. The average Bonchev–Trinajstić information content (AvgIpc) is 2.54. The maximum atomic E-state index is 11.9. The van der Waals surface area contributed by atoms with E-state index in [0.717, 1.165) is 16.7 Å². The molecule has 1 N–H and O–H groups in total. The van der Waals surface area contributed by atoms with Crippen molar-refractivity contribution in [2.45, 2.75) is 20.4 Å². The van der Waals surface area contributed by atoms with Crippen LogP contribution >= 0.6 is 11.6 Å². The van der Waals surface area contributed by atoms with Crippen LogP contribution in [-0.2, 0) is 16.1 Å². The van der Waals surface area contributed by atoms with E-state index in [-0.39, 0.29) is 12.5 Å². The summed E-state index contributed by atoms with van der Waals surface area (Å²) in [6.45, 7) is 3.94. The fourth-order valence-electron chi connectivity index (χ4n) is 1.94. The van der Waals surface area contributed by atoms with Gasteiger partial charge in [0.05, 0.1) is 5.56 Å². The normalized spacial score (nSPS) is 10.2. The van der Waals surface area contributed by atoms with Crippen molar-refractivity contribution in [2.75, 3.05) is 6.61 Å². The largest absolute Gasteiger partial charge is 0.452 e. The third-order valence-corrected chi connectivity index (χ3v) is 3.73. The summed E-state index contributed by atoms with van der Waals surface area (Å²) in [5.41, 5.74) is 3.47. The number of amides is 1. The molecule has 2 aromatic carbocycles. The van der Waals surface area contributed by atoms with Crippen LogP contribution < -0.4 is 5.32 Å². The van der Waals surface area contributed by atoms with Crippen molar-refractivity contribution in [3.8, 4) is 0 Å². The van der Waals surface area contributed by atoms with Crippen LogP contribution in [0.25, 0.3) is 0 Å². The molecule has 0 saturated carbocycles. The first-order valence-electron chi connectivity index (χ1n) is 7.21. The molecule has 0 radical (unpaired) electrons. The van der Waals surface area contributed by atoms with E-state index in [9.17, 15) is 9.59 Å². The van der Waals surface area contributed by atoms with E-state index in [0.29, 0.717) is 17.1 Å². The van der Waals surface area contributed by atoms with Crippen molar-refractivity contribution in [1.82, 2.24) is 5.32 Å². The standard InChI is InChI=1S/C18H18ClNO3/c1-12-3-6-15(9-13(12)2)18(22)23-11-17(21)20-10-14-4-7-16(19)8-5-14/h3-9H,10-11H2,1-2H3,(H,20,21). The van der Waals surface area contributed by atoms with Crippen LogP contribution in [0.5, 0.6) is 0 Å². The summed E-state index contributed by atoms with van der Waals surface area (Å²) < 4.78 is 5.02. The van der Waals surface area contributed by atoms with Gasteiger partial charge < -0.3 is 10.1 Å². The highest BCUT2D eigenvalue weighted by Gasteiger charge is 2.10. The first kappa shape index (κ1) is 17.0. The second-order valence-electron chi connectivity index (χ2n) is 5.28. The van der Waals surface area contributed by atoms with Crippen molar-refractivity contribution < 1.29 is 14.3 Å². The van der Waals surface area contributed by atoms with Gasteiger partial charge in [0, 0.05) is 11.6 Å². The van der Waals surface area contributed by atoms with Crippen LogP contribution in [0.1, 0.15) is 27.0 Å². The topological polar surface area (TPSA) is 55.4 Å². The van der Waals surface area contributed by atoms with E-state index >= 15 is 0 Å². The number of benzene rings is 2. The highest BCUT2D eigenvalue weighted by Crippen LogP contribution is 2.11. The summed E-state index contributed by atoms with van der Waals surface area (Å²) in [6, 6.07) is 12.4. The van der Waals surface area contributed by atoms with Crippen LogP contribution in [-0.4, -0.2) is 18.5 Å². The van der Waals surface area contributed by atoms with E-state index in [2.05, 4.69) is 5.32 Å². The summed E-state index contributed by atoms with van der Waals surface area (Å²) in [5, 5.41) is 3.33. The van der Waals surface area contributed by atoms with Gasteiger partial charge in [-0.1, -0.05) is 29.8 Å². The third kappa shape index (κ3) is 5.11. The summed E-state index contributed by atoms with van der Waals surface area (Å²) in [7, 11) is 0. The lowest BCUT2D eigenvalue weighted by atomic mass is 10.1. The molecule has 0 fully saturated rings. The van der Waals surface area contributed by atoms with E-state index in [1.54, 1.807) is 24.3 Å². The van der Waals surface area contributed by atoms with Gasteiger partial charge in [0.1, 0.15) is 0 Å². The highest BCUT2D eigenvalue weighted by atomic mass is 35.5. The van der Waals surface area contributed by atoms with Gasteiger partial charge in [-0.05, 0) is 54.8 Å². The van der Waals surface area contributed by atoms with Crippen molar-refractivity contribution in [3.05, 3.63) is 69.7 Å². The molecule has 0 atom stereocenters. The predicted molar refractivity (Wildman–Crippen MR) is 89.5 cm³/mol. The smallest absolute Gasteiger partial charge is 0.338 e. The Balaban J connectivity index is 1.80. The van der Waals surface area contributed by atoms with E-state index in [4.69, 9.17) is 16.3 Å². The zero-order valence-electron chi connectivity index (χ0n) is 13.1. The number of rotatable bonds is 5. The Bertz CT molecular complexity index is 711. The number of carbonyl (C=O) groups is 2. The lowest BCUT2D eigenvalue weighted by Crippen LogP contribution is -2.28. The average molecular weight is 332 g/mol. The second-order valence-corrected chi connectivity index (χ2v) is 5.71. The Morgan fingerprint density at radius 3 is 2.39 bits per heavy atom. The molecule has 0 aliphatic rings. The third-order valence-electron chi connectivity index (χ3n) is 3.48. The maximum absolute atomic E-state index is 11.9. The van der Waals surface area contributed by atoms with Gasteiger partial charge in [-0.25, -0.2) is 4.79 Å². The lowest BCUT2D eigenvalue weighted by Gasteiger charge is -2.08. The molecule has 0 spiro atoms. The molecule has 0 unspecified atom stereocenters. The Kier molecular flexibility index (Phi) is 5.77. The molecule has 5 heteroatoms. The van der Waals surface area contributed by atoms with Gasteiger partial charge in [-0.15, -0.1) is 0 Å². The number of hydrogen-bond acceptors (Lipinski definition) is 3. The first-order chi connectivity index (χ1) is 11.0. The molecule has 2 rings (SSSR count). The second kappa shape index (κ2) is 7.79. The van der Waals surface area contributed by atoms with E-state index in [1.807, 2.05) is 32.0 Å². The van der Waals surface area contributed by atoms with Crippen molar-refractivity contribution >= 4 is 23.5 Å². The lowest BCUT2D eigenvalue weighted by molar-refractivity contribution is -0.124. The maximum Gasteiger partial charge on any atom is 0.338 e. The number of hydrogen-bond donors (Lipinski definition) is 1. The summed E-state index contributed by atoms with van der Waals surface area (Å²) in [4.78, 5) is 23.6. The SMILES string of the molecule is Cc1ccc(C(=O)OCC(=O)NCc2ccc(Cl)cc2)cc1C. The Labute approximate surface area is 140 Å². The van der Waals surface area contributed by atoms with Crippen LogP contribution in [0.4, 0.5) is 0 Å². The molecular formula is C18H18ClNO3. The molecule has 0 bridgehead atoms. The van der Waals surface area contributed by atoms with Crippen LogP contribution in [0.15, 0.2) is 42.5 Å². The van der Waals surface area contributed by atoms with Crippen LogP contribution in [0, 0.1) is 13.8 Å². The Hall–Kier alpha value is -2.33. The van der Waals surface area contributed by atoms with Gasteiger partial charge in [-0.2, -0.15) is 0 Å². The fourth-order valence-corrected chi connectivity index (χ4v) is 2.06. The summed E-state index contributed by atoms with van der Waals surface area (Å²) in [6.07, 6.45) is 0. The van der Waals surface area contributed by atoms with Gasteiger partial charge >= 0.3 is 5.97 Å². The minimum absolute atomic E-state index is 0.306. The molecule has 2 aromatic rings. The van der Waals surface area contributed by atoms with E-state index < -0.39 is 5.97 Å². The molecule has 0 aliphatic carbocycles. The quantitative estimate of drug-likeness (QED) is 0.854. The monoisotopic (exact) mass is 331 g/mol. The number of esters is 1. The van der Waals surface area contributed by atoms with Crippen molar-refractivity contribution in [3.63, 3.8) is 0 Å². The number of aryl methyl sites for hydroxylation is 2. The number of halogens is 1. The zero-order chi connectivity index (χ0) is 16.8. The van der Waals surface area contributed by atoms with Gasteiger partial charge in [-0.3, -0.25) is 4.79 Å². The minimum atomic E-state index is -0.505. The van der Waals surface area contributed by atoms with Crippen molar-refractivity contribution in [2.24, 2.45) is 0 Å². The minimum Gasteiger partial charge on any atom is -0.452 e. The number of carbonyl (C=O) groups excluding carboxylic acids is 2. The first-order valence-corrected chi connectivity index (χ1v) is 7.59. The molecule has 0 aromatic heterocycles. The van der Waals surface area contributed by atoms with Gasteiger partial charge in [0.2, 0.25) is 0 Å². The van der Waals surface area contributed by atoms with Gasteiger partial charge in [0.15, 0.2) is 6.61 Å². The van der Waals surface area contributed by atoms with Gasteiger partial charge in [0.25, 0.3) is 5.91 Å². The number of ether oxygens (including phenoxy) is 1. The summed E-state index contributed by atoms with van der Waals surface area (Å²) in [5.74, 6) is -0.855. The highest BCUT2D eigenvalue weighted by molar-refractivity contribution is 6.30. The fraction of sp³-hybridized carbons (Fsp3) is 0.222. The molecular weight excluding hydrogens is 314 g/mol. The molecule has 23 heavy (non-hydrogen) atoms. The molecule has 0 aliphatic heterocycles. The molecule has 0 heterocycles. The zero-order valence-corrected chi connectivity index (χ0v) is 13.8. The Morgan fingerprint density at radius 1 is 1.04 bits per heavy atom. The van der Waals surface area contributed by atoms with Crippen molar-refractivity contribution in [1.29, 1.82) is 0 Å². The van der Waals surface area contributed by atoms with Crippen LogP contribution in [0.3, 0.4) is 0 Å². The van der Waals surface area contributed by atoms with Crippen LogP contribution in [0.2, 0.25) is 5.02 Å². The number of nitrogens with one attached hydrogen (secondary N) is 1. The molecule has 1 amide bonds. The molecule has 120 valence electrons. The molecule has 0 saturated heterocycles.